The van der Waals surface area contributed by atoms with Gasteiger partial charge in [0, 0.05) is 12.1 Å². The van der Waals surface area contributed by atoms with Crippen molar-refractivity contribution in [3.05, 3.63) is 81.9 Å². The van der Waals surface area contributed by atoms with Crippen LogP contribution in [0.2, 0.25) is 0 Å². The van der Waals surface area contributed by atoms with Gasteiger partial charge >= 0.3 is 6.18 Å². The highest BCUT2D eigenvalue weighted by Crippen LogP contribution is 2.24. The number of hydrogen-bond acceptors (Lipinski definition) is 4. The Kier molecular flexibility index (Phi) is 6.51. The first-order valence-electron chi connectivity index (χ1n) is 8.98. The molecule has 0 atom stereocenters. The van der Waals surface area contributed by atoms with Crippen molar-refractivity contribution in [3.8, 4) is 0 Å². The second kappa shape index (κ2) is 9.08. The number of carbonyl (C=O) groups is 2. The highest BCUT2D eigenvalue weighted by Gasteiger charge is 2.27. The number of aromatic nitrogens is 1. The van der Waals surface area contributed by atoms with Crippen molar-refractivity contribution in [2.24, 2.45) is 0 Å². The van der Waals surface area contributed by atoms with Crippen LogP contribution in [0.25, 0.3) is 0 Å². The summed E-state index contributed by atoms with van der Waals surface area (Å²) in [6.45, 7) is 2.03. The van der Waals surface area contributed by atoms with Crippen molar-refractivity contribution < 1.29 is 22.8 Å². The van der Waals surface area contributed by atoms with Gasteiger partial charge in [0.15, 0.2) is 5.13 Å². The first-order valence-corrected chi connectivity index (χ1v) is 9.79. The largest absolute Gasteiger partial charge is 0.393 e. The lowest BCUT2D eigenvalue weighted by Crippen LogP contribution is -2.22. The van der Waals surface area contributed by atoms with Crippen LogP contribution in [0.15, 0.2) is 54.6 Å². The van der Waals surface area contributed by atoms with Gasteiger partial charge in [-0.25, -0.2) is 4.98 Å². The van der Waals surface area contributed by atoms with Crippen molar-refractivity contribution in [3.63, 3.8) is 0 Å². The Morgan fingerprint density at radius 3 is 2.27 bits per heavy atom. The van der Waals surface area contributed by atoms with Crippen LogP contribution in [0.1, 0.15) is 36.9 Å². The zero-order valence-electron chi connectivity index (χ0n) is 15.9. The SMILES string of the molecule is Cc1nc(NC(=O)c2ccc(CC(F)(F)F)cc2)sc1C(=O)NCc1ccccc1. The quantitative estimate of drug-likeness (QED) is 0.590. The van der Waals surface area contributed by atoms with Crippen molar-refractivity contribution >= 4 is 28.3 Å². The van der Waals surface area contributed by atoms with Gasteiger partial charge in [-0.1, -0.05) is 53.8 Å². The predicted molar refractivity (Wildman–Crippen MR) is 109 cm³/mol. The third-order valence-electron chi connectivity index (χ3n) is 4.14. The van der Waals surface area contributed by atoms with Gasteiger partial charge in [-0.05, 0) is 30.2 Å². The summed E-state index contributed by atoms with van der Waals surface area (Å²) in [6.07, 6.45) is -5.36. The third-order valence-corrected chi connectivity index (χ3v) is 5.21. The van der Waals surface area contributed by atoms with Gasteiger partial charge in [-0.3, -0.25) is 14.9 Å². The normalized spacial score (nSPS) is 11.2. The van der Waals surface area contributed by atoms with Gasteiger partial charge in [0.05, 0.1) is 12.1 Å². The van der Waals surface area contributed by atoms with Gasteiger partial charge in [-0.15, -0.1) is 0 Å². The number of aryl methyl sites for hydroxylation is 1. The smallest absolute Gasteiger partial charge is 0.347 e. The summed E-state index contributed by atoms with van der Waals surface area (Å²) in [5.41, 5.74) is 1.70. The van der Waals surface area contributed by atoms with Crippen LogP contribution in [0.3, 0.4) is 0 Å². The Morgan fingerprint density at radius 2 is 1.63 bits per heavy atom. The monoisotopic (exact) mass is 433 g/mol. The van der Waals surface area contributed by atoms with E-state index in [9.17, 15) is 22.8 Å². The van der Waals surface area contributed by atoms with E-state index in [2.05, 4.69) is 15.6 Å². The van der Waals surface area contributed by atoms with E-state index in [-0.39, 0.29) is 22.2 Å². The van der Waals surface area contributed by atoms with Crippen LogP contribution in [-0.4, -0.2) is 23.0 Å². The topological polar surface area (TPSA) is 71.1 Å². The molecule has 2 amide bonds. The minimum atomic E-state index is -4.31. The number of rotatable bonds is 6. The summed E-state index contributed by atoms with van der Waals surface area (Å²) < 4.78 is 37.3. The van der Waals surface area contributed by atoms with Gasteiger partial charge in [0.25, 0.3) is 11.8 Å². The number of benzene rings is 2. The molecule has 1 aromatic heterocycles. The van der Waals surface area contributed by atoms with Crippen LogP contribution in [0.5, 0.6) is 0 Å². The van der Waals surface area contributed by atoms with E-state index in [0.29, 0.717) is 17.1 Å². The maximum Gasteiger partial charge on any atom is 0.393 e. The molecule has 5 nitrogen and oxygen atoms in total. The lowest BCUT2D eigenvalue weighted by atomic mass is 10.1. The molecule has 0 spiro atoms. The number of carbonyl (C=O) groups excluding carboxylic acids is 2. The van der Waals surface area contributed by atoms with Gasteiger partial charge in [-0.2, -0.15) is 13.2 Å². The molecule has 9 heteroatoms. The Labute approximate surface area is 175 Å². The molecule has 0 fully saturated rings. The van der Waals surface area contributed by atoms with Crippen LogP contribution in [0, 0.1) is 6.92 Å². The Hall–Kier alpha value is -3.20. The van der Waals surface area contributed by atoms with Crippen LogP contribution >= 0.6 is 11.3 Å². The van der Waals surface area contributed by atoms with Crippen LogP contribution < -0.4 is 10.6 Å². The van der Waals surface area contributed by atoms with E-state index >= 15 is 0 Å². The molecule has 1 heterocycles. The molecule has 0 saturated carbocycles. The summed E-state index contributed by atoms with van der Waals surface area (Å²) in [5.74, 6) is -0.815. The first kappa shape index (κ1) is 21.5. The summed E-state index contributed by atoms with van der Waals surface area (Å²) >= 11 is 1.03. The van der Waals surface area contributed by atoms with E-state index < -0.39 is 18.5 Å². The van der Waals surface area contributed by atoms with Gasteiger partial charge in [0.1, 0.15) is 4.88 Å². The average Bonchev–Trinajstić information content (AvgIpc) is 3.06. The highest BCUT2D eigenvalue weighted by atomic mass is 32.1. The summed E-state index contributed by atoms with van der Waals surface area (Å²) in [4.78, 5) is 29.3. The van der Waals surface area contributed by atoms with Gasteiger partial charge < -0.3 is 5.32 Å². The molecule has 156 valence electrons. The van der Waals surface area contributed by atoms with Crippen molar-refractivity contribution in [1.82, 2.24) is 10.3 Å². The number of halogens is 3. The van der Waals surface area contributed by atoms with Crippen molar-refractivity contribution in [1.29, 1.82) is 0 Å². The van der Waals surface area contributed by atoms with E-state index in [1.807, 2.05) is 30.3 Å². The van der Waals surface area contributed by atoms with E-state index in [1.165, 1.54) is 24.3 Å². The second-order valence-corrected chi connectivity index (χ2v) is 7.54. The number of thiazole rings is 1. The fraction of sp³-hybridized carbons (Fsp3) is 0.190. The summed E-state index contributed by atoms with van der Waals surface area (Å²) in [7, 11) is 0. The predicted octanol–water partition coefficient (Wildman–Crippen LogP) is 4.74. The molecular weight excluding hydrogens is 415 g/mol. The molecule has 0 bridgehead atoms. The Morgan fingerprint density at radius 1 is 0.967 bits per heavy atom. The van der Waals surface area contributed by atoms with E-state index in [0.717, 1.165) is 16.9 Å². The first-order chi connectivity index (χ1) is 14.2. The standard InChI is InChI=1S/C21H18F3N3O2S/c1-13-17(19(29)25-12-15-5-3-2-4-6-15)30-20(26-13)27-18(28)16-9-7-14(8-10-16)11-21(22,23)24/h2-10H,11-12H2,1H3,(H,25,29)(H,26,27,28). The molecule has 3 rings (SSSR count). The average molecular weight is 433 g/mol. The molecule has 2 N–H and O–H groups in total. The number of amides is 2. The molecule has 2 aromatic carbocycles. The zero-order chi connectivity index (χ0) is 21.7. The van der Waals surface area contributed by atoms with Crippen LogP contribution in [0.4, 0.5) is 18.3 Å². The summed E-state index contributed by atoms with van der Waals surface area (Å²) in [5, 5.41) is 5.63. The number of anilines is 1. The molecule has 0 aliphatic rings. The number of hydrogen-bond donors (Lipinski definition) is 2. The maximum absolute atomic E-state index is 12.4. The van der Waals surface area contributed by atoms with Gasteiger partial charge in [0.2, 0.25) is 0 Å². The second-order valence-electron chi connectivity index (χ2n) is 6.54. The molecule has 0 aliphatic carbocycles. The lowest BCUT2D eigenvalue weighted by Gasteiger charge is -2.07. The minimum absolute atomic E-state index is 0.0708. The number of nitrogens with one attached hydrogen (secondary N) is 2. The number of nitrogens with zero attached hydrogens (tertiary/aromatic N) is 1. The fourth-order valence-electron chi connectivity index (χ4n) is 2.69. The molecule has 0 aliphatic heterocycles. The van der Waals surface area contributed by atoms with Crippen molar-refractivity contribution in [2.75, 3.05) is 5.32 Å². The zero-order valence-corrected chi connectivity index (χ0v) is 16.7. The molecule has 30 heavy (non-hydrogen) atoms. The molecule has 0 radical (unpaired) electrons. The van der Waals surface area contributed by atoms with Crippen LogP contribution in [-0.2, 0) is 13.0 Å². The summed E-state index contributed by atoms with van der Waals surface area (Å²) in [6, 6.07) is 14.6. The minimum Gasteiger partial charge on any atom is -0.347 e. The highest BCUT2D eigenvalue weighted by molar-refractivity contribution is 7.17. The van der Waals surface area contributed by atoms with Crippen molar-refractivity contribution in [2.45, 2.75) is 26.1 Å². The van der Waals surface area contributed by atoms with E-state index in [4.69, 9.17) is 0 Å². The Balaban J connectivity index is 1.62. The number of alkyl halides is 3. The molecular formula is C21H18F3N3O2S. The molecule has 0 unspecified atom stereocenters. The Bertz CT molecular complexity index is 1030. The lowest BCUT2D eigenvalue weighted by molar-refractivity contribution is -0.127. The van der Waals surface area contributed by atoms with E-state index in [1.54, 1.807) is 6.92 Å². The molecule has 0 saturated heterocycles. The fourth-order valence-corrected chi connectivity index (χ4v) is 3.57. The maximum atomic E-state index is 12.4. The molecule has 3 aromatic rings. The third kappa shape index (κ3) is 5.90.